The Balaban J connectivity index is 1.39. The summed E-state index contributed by atoms with van der Waals surface area (Å²) in [5, 5.41) is 15.6. The summed E-state index contributed by atoms with van der Waals surface area (Å²) in [4.78, 5) is 12.7. The Hall–Kier alpha value is -3.10. The lowest BCUT2D eigenvalue weighted by Crippen LogP contribution is -2.25. The summed E-state index contributed by atoms with van der Waals surface area (Å²) in [5.41, 5.74) is 0.530. The van der Waals surface area contributed by atoms with Crippen molar-refractivity contribution in [2.75, 3.05) is 6.54 Å². The number of hydrogen-bond donors (Lipinski definition) is 1. The normalized spacial score (nSPS) is 13.7. The van der Waals surface area contributed by atoms with E-state index in [1.807, 2.05) is 0 Å². The number of halogens is 2. The molecule has 1 aromatic carbocycles. The van der Waals surface area contributed by atoms with E-state index >= 15 is 0 Å². The van der Waals surface area contributed by atoms with Crippen molar-refractivity contribution in [3.63, 3.8) is 0 Å². The third-order valence-corrected chi connectivity index (χ3v) is 5.31. The van der Waals surface area contributed by atoms with Crippen molar-refractivity contribution in [1.82, 2.24) is 29.9 Å². The van der Waals surface area contributed by atoms with Gasteiger partial charge in [-0.05, 0) is 31.4 Å². The van der Waals surface area contributed by atoms with Gasteiger partial charge in [-0.3, -0.25) is 9.48 Å². The van der Waals surface area contributed by atoms with Crippen molar-refractivity contribution in [3.8, 4) is 11.3 Å². The third kappa shape index (κ3) is 4.24. The van der Waals surface area contributed by atoms with E-state index in [1.165, 1.54) is 23.4 Å². The SMILES string of the molecule is Cn1cc(C(=O)NCCCc2nnc3n2CCCCC3)c(-c2ccc(F)cc2F)n1. The Morgan fingerprint density at radius 1 is 1.20 bits per heavy atom. The van der Waals surface area contributed by atoms with Crippen LogP contribution in [0.2, 0.25) is 0 Å². The van der Waals surface area contributed by atoms with Gasteiger partial charge in [0.2, 0.25) is 0 Å². The van der Waals surface area contributed by atoms with Crippen molar-refractivity contribution in [3.05, 3.63) is 53.2 Å². The first-order valence-electron chi connectivity index (χ1n) is 10.2. The van der Waals surface area contributed by atoms with Crippen LogP contribution in [0, 0.1) is 11.6 Å². The number of hydrogen-bond acceptors (Lipinski definition) is 4. The van der Waals surface area contributed by atoms with E-state index in [-0.39, 0.29) is 22.7 Å². The average molecular weight is 414 g/mol. The van der Waals surface area contributed by atoms with Crippen molar-refractivity contribution in [2.24, 2.45) is 7.05 Å². The predicted molar refractivity (Wildman–Crippen MR) is 107 cm³/mol. The summed E-state index contributed by atoms with van der Waals surface area (Å²) >= 11 is 0. The van der Waals surface area contributed by atoms with Gasteiger partial charge in [0, 0.05) is 50.8 Å². The van der Waals surface area contributed by atoms with Crippen LogP contribution >= 0.6 is 0 Å². The van der Waals surface area contributed by atoms with Crippen molar-refractivity contribution >= 4 is 5.91 Å². The average Bonchev–Trinajstić information content (AvgIpc) is 3.20. The highest BCUT2D eigenvalue weighted by atomic mass is 19.1. The molecule has 0 bridgehead atoms. The van der Waals surface area contributed by atoms with Gasteiger partial charge >= 0.3 is 0 Å². The number of aromatic nitrogens is 5. The molecule has 3 heterocycles. The lowest BCUT2D eigenvalue weighted by Gasteiger charge is -2.08. The number of benzene rings is 1. The standard InChI is InChI=1S/C21H24F2N6O/c1-28-13-16(20(27-28)15-9-8-14(22)12-17(15)23)21(30)24-10-5-7-19-26-25-18-6-3-2-4-11-29(18)19/h8-9,12-13H,2-7,10-11H2,1H3,(H,24,30). The molecule has 1 aliphatic heterocycles. The number of aryl methyl sites for hydroxylation is 3. The molecule has 0 saturated carbocycles. The quantitative estimate of drug-likeness (QED) is 0.629. The third-order valence-electron chi connectivity index (χ3n) is 5.31. The second-order valence-corrected chi connectivity index (χ2v) is 7.54. The van der Waals surface area contributed by atoms with Gasteiger partial charge in [-0.15, -0.1) is 10.2 Å². The fourth-order valence-corrected chi connectivity index (χ4v) is 3.81. The minimum absolute atomic E-state index is 0.0910. The van der Waals surface area contributed by atoms with Crippen LogP contribution in [-0.2, 0) is 26.4 Å². The molecule has 0 spiro atoms. The van der Waals surface area contributed by atoms with Crippen LogP contribution in [0.25, 0.3) is 11.3 Å². The topological polar surface area (TPSA) is 77.6 Å². The van der Waals surface area contributed by atoms with Crippen molar-refractivity contribution in [2.45, 2.75) is 45.1 Å². The minimum Gasteiger partial charge on any atom is -0.352 e. The Bertz CT molecular complexity index is 1060. The van der Waals surface area contributed by atoms with Gasteiger partial charge in [0.15, 0.2) is 0 Å². The fourth-order valence-electron chi connectivity index (χ4n) is 3.81. The van der Waals surface area contributed by atoms with Crippen LogP contribution in [0.5, 0.6) is 0 Å². The van der Waals surface area contributed by atoms with E-state index in [1.54, 1.807) is 7.05 Å². The lowest BCUT2D eigenvalue weighted by atomic mass is 10.1. The molecule has 1 amide bonds. The van der Waals surface area contributed by atoms with Crippen molar-refractivity contribution < 1.29 is 13.6 Å². The summed E-state index contributed by atoms with van der Waals surface area (Å²) in [6.07, 6.45) is 7.43. The maximum atomic E-state index is 14.2. The van der Waals surface area contributed by atoms with E-state index in [9.17, 15) is 13.6 Å². The molecule has 0 aliphatic carbocycles. The molecule has 0 radical (unpaired) electrons. The monoisotopic (exact) mass is 414 g/mol. The molecule has 3 aromatic rings. The van der Waals surface area contributed by atoms with Gasteiger partial charge in [-0.25, -0.2) is 8.78 Å². The van der Waals surface area contributed by atoms with Crippen LogP contribution < -0.4 is 5.32 Å². The molecule has 9 heteroatoms. The molecule has 0 saturated heterocycles. The molecule has 158 valence electrons. The second-order valence-electron chi connectivity index (χ2n) is 7.54. The molecular formula is C21H24F2N6O. The van der Waals surface area contributed by atoms with Crippen LogP contribution in [-0.4, -0.2) is 37.0 Å². The highest BCUT2D eigenvalue weighted by Crippen LogP contribution is 2.25. The maximum absolute atomic E-state index is 14.2. The fraction of sp³-hybridized carbons (Fsp3) is 0.429. The molecule has 2 aromatic heterocycles. The predicted octanol–water partition coefficient (Wildman–Crippen LogP) is 3.05. The summed E-state index contributed by atoms with van der Waals surface area (Å²) in [5.74, 6) is 0.228. The van der Waals surface area contributed by atoms with Crippen LogP contribution in [0.3, 0.4) is 0 Å². The molecule has 1 aliphatic rings. The molecule has 0 unspecified atom stereocenters. The van der Waals surface area contributed by atoms with Gasteiger partial charge in [0.05, 0.1) is 5.56 Å². The molecular weight excluding hydrogens is 390 g/mol. The van der Waals surface area contributed by atoms with E-state index < -0.39 is 11.6 Å². The van der Waals surface area contributed by atoms with Gasteiger partial charge in [-0.2, -0.15) is 5.10 Å². The van der Waals surface area contributed by atoms with E-state index in [0.717, 1.165) is 56.0 Å². The highest BCUT2D eigenvalue weighted by molar-refractivity contribution is 5.99. The van der Waals surface area contributed by atoms with Gasteiger partial charge in [-0.1, -0.05) is 6.42 Å². The zero-order valence-corrected chi connectivity index (χ0v) is 16.9. The Labute approximate surface area is 173 Å². The number of carbonyl (C=O) groups excluding carboxylic acids is 1. The first kappa shape index (κ1) is 20.2. The number of nitrogens with one attached hydrogen (secondary N) is 1. The Kier molecular flexibility index (Phi) is 5.87. The number of rotatable bonds is 6. The molecule has 0 fully saturated rings. The van der Waals surface area contributed by atoms with E-state index in [0.29, 0.717) is 13.0 Å². The zero-order valence-electron chi connectivity index (χ0n) is 16.9. The Morgan fingerprint density at radius 3 is 2.90 bits per heavy atom. The summed E-state index contributed by atoms with van der Waals surface area (Å²) in [6, 6.07) is 3.23. The van der Waals surface area contributed by atoms with Gasteiger partial charge in [0.25, 0.3) is 5.91 Å². The lowest BCUT2D eigenvalue weighted by molar-refractivity contribution is 0.0953. The molecule has 30 heavy (non-hydrogen) atoms. The largest absolute Gasteiger partial charge is 0.352 e. The number of carbonyl (C=O) groups is 1. The summed E-state index contributed by atoms with van der Waals surface area (Å²) in [6.45, 7) is 1.40. The van der Waals surface area contributed by atoms with Crippen molar-refractivity contribution in [1.29, 1.82) is 0 Å². The van der Waals surface area contributed by atoms with E-state index in [2.05, 4.69) is 25.2 Å². The number of nitrogens with zero attached hydrogens (tertiary/aromatic N) is 5. The number of fused-ring (bicyclic) bond motifs is 1. The van der Waals surface area contributed by atoms with Crippen LogP contribution in [0.15, 0.2) is 24.4 Å². The van der Waals surface area contributed by atoms with Gasteiger partial charge in [0.1, 0.15) is 29.0 Å². The molecule has 1 N–H and O–H groups in total. The first-order chi connectivity index (χ1) is 14.5. The molecule has 7 nitrogen and oxygen atoms in total. The number of amides is 1. The molecule has 0 atom stereocenters. The smallest absolute Gasteiger partial charge is 0.255 e. The van der Waals surface area contributed by atoms with E-state index in [4.69, 9.17) is 0 Å². The molecule has 4 rings (SSSR count). The summed E-state index contributed by atoms with van der Waals surface area (Å²) in [7, 11) is 1.65. The second kappa shape index (κ2) is 8.73. The zero-order chi connectivity index (χ0) is 21.1. The highest BCUT2D eigenvalue weighted by Gasteiger charge is 2.20. The van der Waals surface area contributed by atoms with Gasteiger partial charge < -0.3 is 9.88 Å². The first-order valence-corrected chi connectivity index (χ1v) is 10.2. The maximum Gasteiger partial charge on any atom is 0.255 e. The Morgan fingerprint density at radius 2 is 2.07 bits per heavy atom. The van der Waals surface area contributed by atoms with Crippen LogP contribution in [0.4, 0.5) is 8.78 Å². The minimum atomic E-state index is -0.754. The van der Waals surface area contributed by atoms with Crippen LogP contribution in [0.1, 0.15) is 47.7 Å². The summed E-state index contributed by atoms with van der Waals surface area (Å²) < 4.78 is 31.0.